The number of thiophene rings is 1. The van der Waals surface area contributed by atoms with E-state index in [0.717, 1.165) is 49.0 Å². The number of imidazole rings is 1. The molecular formula is C20H22ClN5OS. The van der Waals surface area contributed by atoms with Crippen LogP contribution in [0.5, 0.6) is 0 Å². The maximum absolute atomic E-state index is 6.37. The number of hydrogen-bond donors (Lipinski definition) is 0. The Balaban J connectivity index is 1.31. The van der Waals surface area contributed by atoms with Gasteiger partial charge in [0, 0.05) is 42.6 Å². The van der Waals surface area contributed by atoms with Gasteiger partial charge in [-0.3, -0.25) is 9.47 Å². The van der Waals surface area contributed by atoms with Crippen LogP contribution in [0.15, 0.2) is 37.1 Å². The largest absolute Gasteiger partial charge is 0.369 e. The van der Waals surface area contributed by atoms with Gasteiger partial charge in [0.1, 0.15) is 11.9 Å². The second-order valence-electron chi connectivity index (χ2n) is 7.59. The molecule has 0 aliphatic carbocycles. The van der Waals surface area contributed by atoms with Gasteiger partial charge in [0.2, 0.25) is 5.95 Å². The quantitative estimate of drug-likeness (QED) is 0.650. The number of likely N-dealkylation sites (tertiary alicyclic amines) is 1. The summed E-state index contributed by atoms with van der Waals surface area (Å²) >= 11 is 8.01. The predicted octanol–water partition coefficient (Wildman–Crippen LogP) is 3.83. The van der Waals surface area contributed by atoms with Crippen molar-refractivity contribution in [3.8, 4) is 5.95 Å². The Hall–Kier alpha value is -1.80. The number of halogens is 1. The number of aromatic nitrogens is 4. The van der Waals surface area contributed by atoms with Crippen LogP contribution in [0.25, 0.3) is 5.95 Å². The lowest BCUT2D eigenvalue weighted by Gasteiger charge is -2.46. The molecule has 5 rings (SSSR count). The molecule has 0 unspecified atom stereocenters. The van der Waals surface area contributed by atoms with Crippen molar-refractivity contribution >= 4 is 22.9 Å². The van der Waals surface area contributed by atoms with E-state index in [1.165, 1.54) is 10.4 Å². The molecule has 146 valence electrons. The molecule has 2 aliphatic rings. The molecule has 8 heteroatoms. The Kier molecular flexibility index (Phi) is 4.71. The van der Waals surface area contributed by atoms with Crippen molar-refractivity contribution < 1.29 is 4.74 Å². The molecule has 2 atom stereocenters. The highest BCUT2D eigenvalue weighted by Gasteiger charge is 2.44. The lowest BCUT2D eigenvalue weighted by Crippen LogP contribution is -2.49. The van der Waals surface area contributed by atoms with E-state index in [0.29, 0.717) is 12.0 Å². The van der Waals surface area contributed by atoms with E-state index in [9.17, 15) is 0 Å². The second-order valence-corrected chi connectivity index (χ2v) is 9.28. The normalized spacial score (nSPS) is 25.1. The lowest BCUT2D eigenvalue weighted by atomic mass is 9.82. The highest BCUT2D eigenvalue weighted by atomic mass is 35.5. The Morgan fingerprint density at radius 2 is 2.18 bits per heavy atom. The number of ether oxygens (including phenoxy) is 1. The fourth-order valence-corrected chi connectivity index (χ4v) is 5.88. The smallest absolute Gasteiger partial charge is 0.234 e. The first-order chi connectivity index (χ1) is 13.6. The number of piperidine rings is 1. The summed E-state index contributed by atoms with van der Waals surface area (Å²) in [4.78, 5) is 16.9. The fourth-order valence-electron chi connectivity index (χ4n) is 4.40. The summed E-state index contributed by atoms with van der Waals surface area (Å²) in [5.74, 6) is 0.643. The standard InChI is InChI=1S/C20H22ClN5OS/c1-14-10-20(18-15(3-8-27-20)9-17(21)28-18)4-7-25(14)11-16-12-26(13-24-16)19-22-5-2-6-23-19/h2,5-6,9,12-14H,3-4,7-8,10-11H2,1H3/t14-,20+/m0/s1. The van der Waals surface area contributed by atoms with Gasteiger partial charge in [0.25, 0.3) is 0 Å². The zero-order valence-electron chi connectivity index (χ0n) is 15.7. The van der Waals surface area contributed by atoms with Crippen LogP contribution in [0.2, 0.25) is 4.34 Å². The summed E-state index contributed by atoms with van der Waals surface area (Å²) in [6.45, 7) is 4.86. The van der Waals surface area contributed by atoms with Gasteiger partial charge in [0.05, 0.1) is 16.6 Å². The van der Waals surface area contributed by atoms with E-state index in [1.54, 1.807) is 30.1 Å². The van der Waals surface area contributed by atoms with Crippen molar-refractivity contribution in [3.63, 3.8) is 0 Å². The van der Waals surface area contributed by atoms with Gasteiger partial charge in [-0.05, 0) is 43.9 Å². The van der Waals surface area contributed by atoms with E-state index >= 15 is 0 Å². The van der Waals surface area contributed by atoms with Gasteiger partial charge >= 0.3 is 0 Å². The minimum absolute atomic E-state index is 0.168. The molecule has 1 spiro atoms. The Labute approximate surface area is 173 Å². The topological polar surface area (TPSA) is 56.1 Å². The third kappa shape index (κ3) is 3.26. The minimum Gasteiger partial charge on any atom is -0.369 e. The highest BCUT2D eigenvalue weighted by Crippen LogP contribution is 2.48. The summed E-state index contributed by atoms with van der Waals surface area (Å²) in [7, 11) is 0. The van der Waals surface area contributed by atoms with Crippen LogP contribution < -0.4 is 0 Å². The lowest BCUT2D eigenvalue weighted by molar-refractivity contribution is -0.110. The van der Waals surface area contributed by atoms with Crippen molar-refractivity contribution in [3.05, 3.63) is 57.5 Å². The average molecular weight is 416 g/mol. The van der Waals surface area contributed by atoms with Gasteiger partial charge in [-0.2, -0.15) is 0 Å². The van der Waals surface area contributed by atoms with Crippen LogP contribution in [-0.4, -0.2) is 43.6 Å². The van der Waals surface area contributed by atoms with Crippen LogP contribution in [0.4, 0.5) is 0 Å². The molecule has 1 fully saturated rings. The molecule has 0 radical (unpaired) electrons. The molecule has 0 bridgehead atoms. The van der Waals surface area contributed by atoms with Gasteiger partial charge in [-0.25, -0.2) is 15.0 Å². The van der Waals surface area contributed by atoms with Crippen LogP contribution in [0, 0.1) is 0 Å². The molecule has 0 N–H and O–H groups in total. The molecule has 0 amide bonds. The fraction of sp³-hybridized carbons (Fsp3) is 0.450. The highest BCUT2D eigenvalue weighted by molar-refractivity contribution is 7.16. The van der Waals surface area contributed by atoms with Gasteiger partial charge in [0.15, 0.2) is 0 Å². The van der Waals surface area contributed by atoms with Crippen molar-refractivity contribution in [1.29, 1.82) is 0 Å². The molecule has 28 heavy (non-hydrogen) atoms. The van der Waals surface area contributed by atoms with Crippen LogP contribution in [0.3, 0.4) is 0 Å². The Morgan fingerprint density at radius 1 is 1.32 bits per heavy atom. The first-order valence-electron chi connectivity index (χ1n) is 9.60. The summed E-state index contributed by atoms with van der Waals surface area (Å²) in [6.07, 6.45) is 10.2. The van der Waals surface area contributed by atoms with E-state index < -0.39 is 0 Å². The molecule has 5 heterocycles. The SMILES string of the molecule is C[C@H]1C[C@@]2(CCN1Cc1cn(-c3ncccn3)cn1)OCCc1cc(Cl)sc12. The monoisotopic (exact) mass is 415 g/mol. The zero-order chi connectivity index (χ0) is 19.1. The summed E-state index contributed by atoms with van der Waals surface area (Å²) in [5.41, 5.74) is 2.24. The maximum Gasteiger partial charge on any atom is 0.234 e. The van der Waals surface area contributed by atoms with Crippen LogP contribution >= 0.6 is 22.9 Å². The molecule has 6 nitrogen and oxygen atoms in total. The molecule has 3 aromatic rings. The van der Waals surface area contributed by atoms with Crippen molar-refractivity contribution in [1.82, 2.24) is 24.4 Å². The Bertz CT molecular complexity index is 974. The van der Waals surface area contributed by atoms with Gasteiger partial charge in [-0.1, -0.05) is 11.6 Å². The van der Waals surface area contributed by atoms with E-state index in [1.807, 2.05) is 16.8 Å². The van der Waals surface area contributed by atoms with Gasteiger partial charge < -0.3 is 4.74 Å². The Morgan fingerprint density at radius 3 is 3.00 bits per heavy atom. The summed E-state index contributed by atoms with van der Waals surface area (Å²) in [5, 5.41) is 0. The number of fused-ring (bicyclic) bond motifs is 2. The molecule has 1 saturated heterocycles. The summed E-state index contributed by atoms with van der Waals surface area (Å²) < 4.78 is 9.11. The first kappa shape index (κ1) is 18.2. The minimum atomic E-state index is -0.168. The van der Waals surface area contributed by atoms with E-state index in [4.69, 9.17) is 16.3 Å². The molecule has 3 aromatic heterocycles. The van der Waals surface area contributed by atoms with E-state index in [2.05, 4.69) is 32.8 Å². The maximum atomic E-state index is 6.37. The molecule has 0 aromatic carbocycles. The third-order valence-corrected chi connectivity index (χ3v) is 7.27. The molecule has 2 aliphatic heterocycles. The number of rotatable bonds is 3. The third-order valence-electron chi connectivity index (χ3n) is 5.78. The van der Waals surface area contributed by atoms with Crippen LogP contribution in [0.1, 0.15) is 35.9 Å². The van der Waals surface area contributed by atoms with Crippen molar-refractivity contribution in [2.45, 2.75) is 44.4 Å². The molecular weight excluding hydrogens is 394 g/mol. The zero-order valence-corrected chi connectivity index (χ0v) is 17.3. The average Bonchev–Trinajstić information content (AvgIpc) is 3.32. The number of hydrogen-bond acceptors (Lipinski definition) is 6. The van der Waals surface area contributed by atoms with Crippen molar-refractivity contribution in [2.75, 3.05) is 13.2 Å². The van der Waals surface area contributed by atoms with Crippen LogP contribution in [-0.2, 0) is 23.3 Å². The van der Waals surface area contributed by atoms with Crippen molar-refractivity contribution in [2.24, 2.45) is 0 Å². The first-order valence-corrected chi connectivity index (χ1v) is 10.8. The molecule has 0 saturated carbocycles. The summed E-state index contributed by atoms with van der Waals surface area (Å²) in [6, 6.07) is 4.34. The number of nitrogens with zero attached hydrogens (tertiary/aromatic N) is 5. The second kappa shape index (κ2) is 7.22. The van der Waals surface area contributed by atoms with Gasteiger partial charge in [-0.15, -0.1) is 11.3 Å². The predicted molar refractivity (Wildman–Crippen MR) is 109 cm³/mol. The van der Waals surface area contributed by atoms with E-state index in [-0.39, 0.29) is 5.60 Å².